The van der Waals surface area contributed by atoms with Gasteiger partial charge in [0.05, 0.1) is 5.41 Å². The van der Waals surface area contributed by atoms with Gasteiger partial charge in [-0.25, -0.2) is 4.79 Å². The van der Waals surface area contributed by atoms with Crippen molar-refractivity contribution in [3.63, 3.8) is 0 Å². The summed E-state index contributed by atoms with van der Waals surface area (Å²) in [4.78, 5) is 27.7. The first-order valence-corrected chi connectivity index (χ1v) is 5.10. The molecule has 5 nitrogen and oxygen atoms in total. The van der Waals surface area contributed by atoms with Crippen LogP contribution in [0.15, 0.2) is 0 Å². The molecule has 1 atom stereocenters. The minimum atomic E-state index is -0.565. The van der Waals surface area contributed by atoms with Gasteiger partial charge in [0.15, 0.2) is 0 Å². The third-order valence-electron chi connectivity index (χ3n) is 2.34. The number of primary amides is 1. The number of amides is 1. The number of hydroxylamine groups is 2. The molecule has 1 amide bonds. The molecule has 1 rings (SSSR count). The normalized spacial score (nSPS) is 22.7. The largest absolute Gasteiger partial charge is 0.368 e. The molecule has 0 saturated carbocycles. The lowest BCUT2D eigenvalue weighted by Gasteiger charge is -2.24. The van der Waals surface area contributed by atoms with Gasteiger partial charge in [-0.2, -0.15) is 0 Å². The molecule has 0 radical (unpaired) electrons. The van der Waals surface area contributed by atoms with Crippen molar-refractivity contribution in [3.8, 4) is 0 Å². The molecular formula is C10H18N2O3. The number of nitrogens with zero attached hydrogens (tertiary/aromatic N) is 1. The summed E-state index contributed by atoms with van der Waals surface area (Å²) in [5, 5.41) is 1.40. The van der Waals surface area contributed by atoms with Crippen LogP contribution in [0.25, 0.3) is 0 Å². The van der Waals surface area contributed by atoms with E-state index >= 15 is 0 Å². The first-order chi connectivity index (χ1) is 6.82. The molecule has 1 fully saturated rings. The van der Waals surface area contributed by atoms with Gasteiger partial charge in [0.1, 0.15) is 6.04 Å². The molecule has 0 aromatic carbocycles. The van der Waals surface area contributed by atoms with Gasteiger partial charge in [-0.1, -0.05) is 0 Å². The van der Waals surface area contributed by atoms with Gasteiger partial charge in [0.2, 0.25) is 5.91 Å². The van der Waals surface area contributed by atoms with Crippen LogP contribution in [-0.2, 0) is 14.4 Å². The predicted octanol–water partition coefficient (Wildman–Crippen LogP) is 0.440. The lowest BCUT2D eigenvalue weighted by Crippen LogP contribution is -2.43. The number of hydrogen-bond donors (Lipinski definition) is 1. The van der Waals surface area contributed by atoms with Gasteiger partial charge in [-0.15, -0.1) is 5.06 Å². The molecule has 0 aliphatic carbocycles. The average Bonchev–Trinajstić information content (AvgIpc) is 2.50. The number of carbonyl (C=O) groups is 2. The topological polar surface area (TPSA) is 72.6 Å². The van der Waals surface area contributed by atoms with E-state index in [1.165, 1.54) is 5.06 Å². The average molecular weight is 214 g/mol. The minimum absolute atomic E-state index is 0.337. The van der Waals surface area contributed by atoms with Crippen LogP contribution in [-0.4, -0.2) is 29.5 Å². The molecule has 86 valence electrons. The predicted molar refractivity (Wildman–Crippen MR) is 54.5 cm³/mol. The Hall–Kier alpha value is -1.10. The van der Waals surface area contributed by atoms with E-state index in [2.05, 4.69) is 0 Å². The van der Waals surface area contributed by atoms with Crippen molar-refractivity contribution in [1.82, 2.24) is 5.06 Å². The highest BCUT2D eigenvalue weighted by Crippen LogP contribution is 2.21. The smallest absolute Gasteiger partial charge is 0.330 e. The maximum atomic E-state index is 11.6. The van der Waals surface area contributed by atoms with Gasteiger partial charge in [-0.05, 0) is 33.6 Å². The van der Waals surface area contributed by atoms with E-state index in [9.17, 15) is 9.59 Å². The van der Waals surface area contributed by atoms with Crippen LogP contribution >= 0.6 is 0 Å². The van der Waals surface area contributed by atoms with Crippen LogP contribution in [0.3, 0.4) is 0 Å². The van der Waals surface area contributed by atoms with Gasteiger partial charge in [0.25, 0.3) is 0 Å². The molecule has 2 N–H and O–H groups in total. The highest BCUT2D eigenvalue weighted by atomic mass is 16.7. The number of nitrogens with two attached hydrogens (primary N) is 1. The first kappa shape index (κ1) is 12.0. The lowest BCUT2D eigenvalue weighted by molar-refractivity contribution is -0.203. The maximum Gasteiger partial charge on any atom is 0.330 e. The van der Waals surface area contributed by atoms with E-state index in [1.807, 2.05) is 0 Å². The van der Waals surface area contributed by atoms with Gasteiger partial charge >= 0.3 is 5.97 Å². The van der Waals surface area contributed by atoms with E-state index in [0.29, 0.717) is 13.0 Å². The molecular weight excluding hydrogens is 196 g/mol. The highest BCUT2D eigenvalue weighted by molar-refractivity contribution is 5.80. The fourth-order valence-corrected chi connectivity index (χ4v) is 1.38. The fourth-order valence-electron chi connectivity index (χ4n) is 1.38. The van der Waals surface area contributed by atoms with Crippen LogP contribution in [0.2, 0.25) is 0 Å². The second-order valence-corrected chi connectivity index (χ2v) is 4.83. The van der Waals surface area contributed by atoms with E-state index in [0.717, 1.165) is 6.42 Å². The second kappa shape index (κ2) is 4.18. The second-order valence-electron chi connectivity index (χ2n) is 4.83. The summed E-state index contributed by atoms with van der Waals surface area (Å²) < 4.78 is 0. The van der Waals surface area contributed by atoms with Crippen LogP contribution in [0.4, 0.5) is 0 Å². The van der Waals surface area contributed by atoms with Crippen LogP contribution in [0.5, 0.6) is 0 Å². The van der Waals surface area contributed by atoms with Crippen molar-refractivity contribution >= 4 is 11.9 Å². The molecule has 5 heteroatoms. The Balaban J connectivity index is 2.58. The van der Waals surface area contributed by atoms with E-state index < -0.39 is 17.4 Å². The third kappa shape index (κ3) is 2.92. The van der Waals surface area contributed by atoms with Gasteiger partial charge in [-0.3, -0.25) is 4.79 Å². The zero-order valence-corrected chi connectivity index (χ0v) is 9.45. The van der Waals surface area contributed by atoms with Crippen molar-refractivity contribution in [2.75, 3.05) is 6.54 Å². The van der Waals surface area contributed by atoms with Gasteiger partial charge in [0, 0.05) is 6.54 Å². The summed E-state index contributed by atoms with van der Waals surface area (Å²) in [6, 6.07) is -0.462. The third-order valence-corrected chi connectivity index (χ3v) is 2.34. The van der Waals surface area contributed by atoms with E-state index in [4.69, 9.17) is 10.6 Å². The summed E-state index contributed by atoms with van der Waals surface area (Å²) in [6.07, 6.45) is 1.48. The molecule has 1 aliphatic heterocycles. The van der Waals surface area contributed by atoms with E-state index in [1.54, 1.807) is 20.8 Å². The molecule has 0 unspecified atom stereocenters. The van der Waals surface area contributed by atoms with Crippen molar-refractivity contribution in [1.29, 1.82) is 0 Å². The van der Waals surface area contributed by atoms with Crippen LogP contribution < -0.4 is 5.73 Å². The van der Waals surface area contributed by atoms with Crippen molar-refractivity contribution < 1.29 is 14.4 Å². The Kier molecular flexibility index (Phi) is 3.34. The minimum Gasteiger partial charge on any atom is -0.368 e. The molecule has 0 bridgehead atoms. The summed E-state index contributed by atoms with van der Waals surface area (Å²) in [7, 11) is 0. The van der Waals surface area contributed by atoms with Crippen LogP contribution in [0.1, 0.15) is 33.6 Å². The Bertz CT molecular complexity index is 270. The molecule has 0 spiro atoms. The summed E-state index contributed by atoms with van der Waals surface area (Å²) in [6.45, 7) is 5.88. The van der Waals surface area contributed by atoms with Crippen LogP contribution in [0, 0.1) is 5.41 Å². The Morgan fingerprint density at radius 1 is 1.40 bits per heavy atom. The number of carbonyl (C=O) groups excluding carboxylic acids is 2. The quantitative estimate of drug-likeness (QED) is 0.724. The summed E-state index contributed by atoms with van der Waals surface area (Å²) >= 11 is 0. The van der Waals surface area contributed by atoms with Crippen molar-refractivity contribution in [2.45, 2.75) is 39.7 Å². The van der Waals surface area contributed by atoms with Gasteiger partial charge < -0.3 is 10.6 Å². The Labute approximate surface area is 89.5 Å². The SMILES string of the molecule is CC(C)(C)C(=O)ON1CCC[C@H]1C(N)=O. The molecule has 1 aliphatic rings. The molecule has 0 aromatic rings. The zero-order valence-electron chi connectivity index (χ0n) is 9.45. The summed E-state index contributed by atoms with van der Waals surface area (Å²) in [5.41, 5.74) is 4.64. The maximum absolute atomic E-state index is 11.6. The Morgan fingerprint density at radius 3 is 2.47 bits per heavy atom. The summed E-state index contributed by atoms with van der Waals surface area (Å²) in [5.74, 6) is -0.773. The number of hydrogen-bond acceptors (Lipinski definition) is 4. The first-order valence-electron chi connectivity index (χ1n) is 5.10. The monoisotopic (exact) mass is 214 g/mol. The van der Waals surface area contributed by atoms with Crippen molar-refractivity contribution in [3.05, 3.63) is 0 Å². The number of rotatable bonds is 2. The fraction of sp³-hybridized carbons (Fsp3) is 0.800. The highest BCUT2D eigenvalue weighted by Gasteiger charge is 2.34. The lowest BCUT2D eigenvalue weighted by atomic mass is 9.98. The zero-order chi connectivity index (χ0) is 11.6. The molecule has 15 heavy (non-hydrogen) atoms. The molecule has 1 saturated heterocycles. The van der Waals surface area contributed by atoms with Crippen molar-refractivity contribution in [2.24, 2.45) is 11.1 Å². The standard InChI is InChI=1S/C10H18N2O3/c1-10(2,3)9(14)15-12-6-4-5-7(12)8(11)13/h7H,4-6H2,1-3H3,(H2,11,13)/t7-/m0/s1. The Morgan fingerprint density at radius 2 is 2.00 bits per heavy atom. The van der Waals surface area contributed by atoms with E-state index in [-0.39, 0.29) is 5.97 Å². The molecule has 1 heterocycles. The molecule has 0 aromatic heterocycles.